The maximum Gasteiger partial charge on any atom is 0.126 e. The highest BCUT2D eigenvalue weighted by atomic mass is 35.5. The van der Waals surface area contributed by atoms with Crippen molar-refractivity contribution in [1.82, 2.24) is 0 Å². The number of aryl methyl sites for hydroxylation is 1. The highest BCUT2D eigenvalue weighted by Gasteiger charge is 2.11. The van der Waals surface area contributed by atoms with Crippen molar-refractivity contribution in [2.75, 3.05) is 11.1 Å². The Kier molecular flexibility index (Phi) is 3.96. The van der Waals surface area contributed by atoms with Crippen LogP contribution >= 0.6 is 11.6 Å². The summed E-state index contributed by atoms with van der Waals surface area (Å²) in [4.78, 5) is 0. The minimum atomic E-state index is -0.210. The van der Waals surface area contributed by atoms with Crippen molar-refractivity contribution in [2.24, 2.45) is 0 Å². The van der Waals surface area contributed by atoms with Gasteiger partial charge in [0.25, 0.3) is 0 Å². The van der Waals surface area contributed by atoms with Gasteiger partial charge in [-0.3, -0.25) is 0 Å². The van der Waals surface area contributed by atoms with Crippen molar-refractivity contribution >= 4 is 23.0 Å². The zero-order valence-corrected chi connectivity index (χ0v) is 11.6. The van der Waals surface area contributed by atoms with Gasteiger partial charge >= 0.3 is 0 Å². The number of rotatable bonds is 3. The molecule has 0 spiro atoms. The van der Waals surface area contributed by atoms with Gasteiger partial charge in [-0.25, -0.2) is 4.39 Å². The van der Waals surface area contributed by atoms with Crippen LogP contribution in [0.5, 0.6) is 0 Å². The molecule has 0 aliphatic rings. The third-order valence-corrected chi connectivity index (χ3v) is 3.42. The SMILES string of the molecule is Cc1ccc(C(C)Nc2c(N)cccc2Cl)cc1F. The molecule has 19 heavy (non-hydrogen) atoms. The summed E-state index contributed by atoms with van der Waals surface area (Å²) >= 11 is 6.10. The monoisotopic (exact) mass is 278 g/mol. The van der Waals surface area contributed by atoms with E-state index in [4.69, 9.17) is 17.3 Å². The molecular formula is C15H16ClFN2. The van der Waals surface area contributed by atoms with Crippen molar-refractivity contribution in [2.45, 2.75) is 19.9 Å². The number of para-hydroxylation sites is 1. The minimum Gasteiger partial charge on any atom is -0.397 e. The Balaban J connectivity index is 2.25. The van der Waals surface area contributed by atoms with Crippen LogP contribution in [0.25, 0.3) is 0 Å². The molecule has 2 rings (SSSR count). The summed E-state index contributed by atoms with van der Waals surface area (Å²) in [5.74, 6) is -0.210. The maximum absolute atomic E-state index is 13.6. The maximum atomic E-state index is 13.6. The Morgan fingerprint density at radius 3 is 2.63 bits per heavy atom. The molecule has 0 saturated carbocycles. The van der Waals surface area contributed by atoms with E-state index in [1.807, 2.05) is 13.0 Å². The van der Waals surface area contributed by atoms with E-state index in [2.05, 4.69) is 5.32 Å². The Morgan fingerprint density at radius 1 is 1.26 bits per heavy atom. The fraction of sp³-hybridized carbons (Fsp3) is 0.200. The van der Waals surface area contributed by atoms with E-state index in [1.54, 1.807) is 31.2 Å². The van der Waals surface area contributed by atoms with E-state index in [9.17, 15) is 4.39 Å². The molecule has 4 heteroatoms. The van der Waals surface area contributed by atoms with Gasteiger partial charge in [0.15, 0.2) is 0 Å². The average molecular weight is 279 g/mol. The zero-order chi connectivity index (χ0) is 14.0. The summed E-state index contributed by atoms with van der Waals surface area (Å²) in [6.07, 6.45) is 0. The fourth-order valence-electron chi connectivity index (χ4n) is 1.87. The Hall–Kier alpha value is -1.74. The van der Waals surface area contributed by atoms with Crippen LogP contribution in [0.1, 0.15) is 24.1 Å². The first-order valence-electron chi connectivity index (χ1n) is 6.05. The van der Waals surface area contributed by atoms with Crippen LogP contribution in [0, 0.1) is 12.7 Å². The van der Waals surface area contributed by atoms with E-state index in [1.165, 1.54) is 6.07 Å². The topological polar surface area (TPSA) is 38.0 Å². The molecule has 1 atom stereocenters. The smallest absolute Gasteiger partial charge is 0.126 e. The second-order valence-electron chi connectivity index (χ2n) is 4.58. The summed E-state index contributed by atoms with van der Waals surface area (Å²) in [6.45, 7) is 3.68. The lowest BCUT2D eigenvalue weighted by Gasteiger charge is -2.18. The van der Waals surface area contributed by atoms with Crippen molar-refractivity contribution in [1.29, 1.82) is 0 Å². The highest BCUT2D eigenvalue weighted by molar-refractivity contribution is 6.33. The number of hydrogen-bond donors (Lipinski definition) is 2. The van der Waals surface area contributed by atoms with Gasteiger partial charge in [-0.2, -0.15) is 0 Å². The predicted octanol–water partition coefficient (Wildman–Crippen LogP) is 4.54. The van der Waals surface area contributed by atoms with E-state index in [-0.39, 0.29) is 11.9 Å². The molecule has 0 aliphatic carbocycles. The molecule has 0 aliphatic heterocycles. The van der Waals surface area contributed by atoms with Crippen molar-refractivity contribution in [3.05, 3.63) is 58.4 Å². The Bertz CT molecular complexity index is 578. The lowest BCUT2D eigenvalue weighted by Crippen LogP contribution is -2.09. The number of nitrogens with two attached hydrogens (primary N) is 1. The number of nitrogens with one attached hydrogen (secondary N) is 1. The molecule has 100 valence electrons. The number of halogens is 2. The van der Waals surface area contributed by atoms with Crippen LogP contribution in [0.15, 0.2) is 36.4 Å². The average Bonchev–Trinajstić information content (AvgIpc) is 2.37. The Labute approximate surface area is 117 Å². The van der Waals surface area contributed by atoms with Crippen LogP contribution in [0.2, 0.25) is 5.02 Å². The Morgan fingerprint density at radius 2 is 2.00 bits per heavy atom. The van der Waals surface area contributed by atoms with E-state index in [0.29, 0.717) is 22.0 Å². The quantitative estimate of drug-likeness (QED) is 0.809. The van der Waals surface area contributed by atoms with Gasteiger partial charge in [-0.1, -0.05) is 29.8 Å². The van der Waals surface area contributed by atoms with Gasteiger partial charge in [0.05, 0.1) is 16.4 Å². The molecule has 0 saturated heterocycles. The van der Waals surface area contributed by atoms with Crippen LogP contribution in [-0.4, -0.2) is 0 Å². The van der Waals surface area contributed by atoms with Crippen LogP contribution in [0.3, 0.4) is 0 Å². The van der Waals surface area contributed by atoms with E-state index < -0.39 is 0 Å². The number of anilines is 2. The first-order valence-corrected chi connectivity index (χ1v) is 6.43. The summed E-state index contributed by atoms with van der Waals surface area (Å²) in [5.41, 5.74) is 8.62. The van der Waals surface area contributed by atoms with Gasteiger partial charge < -0.3 is 11.1 Å². The molecule has 0 amide bonds. The lowest BCUT2D eigenvalue weighted by molar-refractivity contribution is 0.614. The summed E-state index contributed by atoms with van der Waals surface area (Å²) < 4.78 is 13.6. The largest absolute Gasteiger partial charge is 0.397 e. The van der Waals surface area contributed by atoms with Crippen LogP contribution in [-0.2, 0) is 0 Å². The van der Waals surface area contributed by atoms with Gasteiger partial charge in [0.2, 0.25) is 0 Å². The summed E-state index contributed by atoms with van der Waals surface area (Å²) in [6, 6.07) is 10.4. The van der Waals surface area contributed by atoms with Crippen molar-refractivity contribution in [3.8, 4) is 0 Å². The third kappa shape index (κ3) is 2.99. The normalized spacial score (nSPS) is 12.2. The van der Waals surface area contributed by atoms with Crippen LogP contribution < -0.4 is 11.1 Å². The number of benzene rings is 2. The van der Waals surface area contributed by atoms with E-state index >= 15 is 0 Å². The molecule has 2 aromatic rings. The fourth-order valence-corrected chi connectivity index (χ4v) is 2.11. The van der Waals surface area contributed by atoms with Gasteiger partial charge in [0.1, 0.15) is 5.82 Å². The lowest BCUT2D eigenvalue weighted by atomic mass is 10.1. The molecule has 0 aromatic heterocycles. The second-order valence-corrected chi connectivity index (χ2v) is 4.99. The van der Waals surface area contributed by atoms with Crippen LogP contribution in [0.4, 0.5) is 15.8 Å². The molecule has 2 nitrogen and oxygen atoms in total. The molecular weight excluding hydrogens is 263 g/mol. The second kappa shape index (κ2) is 5.49. The van der Waals surface area contributed by atoms with Crippen molar-refractivity contribution in [3.63, 3.8) is 0 Å². The highest BCUT2D eigenvalue weighted by Crippen LogP contribution is 2.31. The standard InChI is InChI=1S/C15H16ClFN2/c1-9-6-7-11(8-13(9)17)10(2)19-15-12(16)4-3-5-14(15)18/h3-8,10,19H,18H2,1-2H3. The minimum absolute atomic E-state index is 0.0858. The first-order chi connectivity index (χ1) is 8.99. The van der Waals surface area contributed by atoms with E-state index in [0.717, 1.165) is 5.56 Å². The van der Waals surface area contributed by atoms with Gasteiger partial charge in [-0.15, -0.1) is 0 Å². The molecule has 0 heterocycles. The number of nitrogen functional groups attached to an aromatic ring is 1. The molecule has 3 N–H and O–H groups in total. The van der Waals surface area contributed by atoms with Gasteiger partial charge in [-0.05, 0) is 43.2 Å². The first kappa shape index (κ1) is 13.7. The summed E-state index contributed by atoms with van der Waals surface area (Å²) in [5, 5.41) is 3.77. The molecule has 0 radical (unpaired) electrons. The molecule has 1 unspecified atom stereocenters. The third-order valence-electron chi connectivity index (χ3n) is 3.10. The molecule has 0 fully saturated rings. The molecule has 0 bridgehead atoms. The number of hydrogen-bond acceptors (Lipinski definition) is 2. The predicted molar refractivity (Wildman–Crippen MR) is 79.0 cm³/mol. The van der Waals surface area contributed by atoms with Gasteiger partial charge in [0, 0.05) is 6.04 Å². The zero-order valence-electron chi connectivity index (χ0n) is 10.9. The summed E-state index contributed by atoms with van der Waals surface area (Å²) in [7, 11) is 0. The molecule has 2 aromatic carbocycles. The van der Waals surface area contributed by atoms with Crippen molar-refractivity contribution < 1.29 is 4.39 Å².